The van der Waals surface area contributed by atoms with Crippen LogP contribution in [0, 0.1) is 6.92 Å². The van der Waals surface area contributed by atoms with Crippen molar-refractivity contribution in [1.29, 1.82) is 0 Å². The van der Waals surface area contributed by atoms with Gasteiger partial charge in [-0.05, 0) is 82.0 Å². The number of nitrogens with zero attached hydrogens (tertiary/aromatic N) is 1. The highest BCUT2D eigenvalue weighted by Gasteiger charge is 2.37. The number of barbiturate groups is 1. The summed E-state index contributed by atoms with van der Waals surface area (Å²) in [6, 6.07) is 17.1. The van der Waals surface area contributed by atoms with Gasteiger partial charge in [0, 0.05) is 9.50 Å². The molecular formula is C25H17Br2ClN2O4. The van der Waals surface area contributed by atoms with Crippen LogP contribution in [-0.2, 0) is 16.2 Å². The highest BCUT2D eigenvalue weighted by atomic mass is 79.9. The maximum Gasteiger partial charge on any atom is 0.335 e. The molecule has 4 amide bonds. The Morgan fingerprint density at radius 3 is 2.47 bits per heavy atom. The van der Waals surface area contributed by atoms with Crippen molar-refractivity contribution in [3.63, 3.8) is 0 Å². The van der Waals surface area contributed by atoms with Crippen LogP contribution in [0.15, 0.2) is 75.2 Å². The molecule has 1 aliphatic heterocycles. The number of hydrogen-bond donors (Lipinski definition) is 1. The summed E-state index contributed by atoms with van der Waals surface area (Å²) in [4.78, 5) is 39.0. The van der Waals surface area contributed by atoms with Gasteiger partial charge in [0.15, 0.2) is 0 Å². The number of halogens is 3. The summed E-state index contributed by atoms with van der Waals surface area (Å²) in [6.45, 7) is 2.07. The molecule has 3 aromatic carbocycles. The number of hydrogen-bond acceptors (Lipinski definition) is 4. The van der Waals surface area contributed by atoms with Crippen LogP contribution in [0.1, 0.15) is 16.7 Å². The zero-order valence-electron chi connectivity index (χ0n) is 17.8. The Bertz CT molecular complexity index is 1340. The van der Waals surface area contributed by atoms with Crippen LogP contribution in [0.4, 0.5) is 10.5 Å². The Hall–Kier alpha value is -2.94. The molecular weight excluding hydrogens is 588 g/mol. The van der Waals surface area contributed by atoms with Crippen molar-refractivity contribution < 1.29 is 19.1 Å². The first-order valence-electron chi connectivity index (χ1n) is 10.1. The summed E-state index contributed by atoms with van der Waals surface area (Å²) in [5, 5.41) is 2.63. The number of anilines is 1. The fraction of sp³-hybridized carbons (Fsp3) is 0.0800. The molecule has 9 heteroatoms. The molecule has 0 aromatic heterocycles. The maximum absolute atomic E-state index is 13.1. The summed E-state index contributed by atoms with van der Waals surface area (Å²) >= 11 is 13.0. The minimum atomic E-state index is -0.824. The van der Waals surface area contributed by atoms with E-state index in [2.05, 4.69) is 37.2 Å². The van der Waals surface area contributed by atoms with Crippen LogP contribution >= 0.6 is 43.5 Å². The highest BCUT2D eigenvalue weighted by molar-refractivity contribution is 9.10. The molecule has 172 valence electrons. The van der Waals surface area contributed by atoms with Gasteiger partial charge in [0.2, 0.25) is 0 Å². The summed E-state index contributed by atoms with van der Waals surface area (Å²) in [5.74, 6) is -0.890. The molecule has 6 nitrogen and oxygen atoms in total. The minimum absolute atomic E-state index is 0.172. The first kappa shape index (κ1) is 24.2. The number of carbonyl (C=O) groups excluding carboxylic acids is 3. The van der Waals surface area contributed by atoms with Crippen molar-refractivity contribution in [1.82, 2.24) is 5.32 Å². The second-order valence-corrected chi connectivity index (χ2v) is 9.62. The van der Waals surface area contributed by atoms with Gasteiger partial charge in [-0.2, -0.15) is 0 Å². The topological polar surface area (TPSA) is 75.7 Å². The predicted octanol–water partition coefficient (Wildman–Crippen LogP) is 6.42. The first-order chi connectivity index (χ1) is 16.2. The third-order valence-electron chi connectivity index (χ3n) is 5.16. The Balaban J connectivity index is 1.58. The summed E-state index contributed by atoms with van der Waals surface area (Å²) in [6.07, 6.45) is 1.43. The SMILES string of the molecule is Cc1c(Cl)cccc1N1C(=O)NC(=O)/C(=C\c2ccc(OCc3ccc(Br)cc3)c(Br)c2)C1=O. The quantitative estimate of drug-likeness (QED) is 0.270. The largest absolute Gasteiger partial charge is 0.488 e. The third kappa shape index (κ3) is 5.09. The Morgan fingerprint density at radius 2 is 1.76 bits per heavy atom. The number of benzene rings is 3. The molecule has 0 aliphatic carbocycles. The lowest BCUT2D eigenvalue weighted by atomic mass is 10.1. The van der Waals surface area contributed by atoms with Crippen molar-refractivity contribution in [3.05, 3.63) is 96.9 Å². The van der Waals surface area contributed by atoms with Crippen LogP contribution in [0.2, 0.25) is 5.02 Å². The molecule has 1 fully saturated rings. The average Bonchev–Trinajstić information content (AvgIpc) is 2.80. The lowest BCUT2D eigenvalue weighted by molar-refractivity contribution is -0.122. The van der Waals surface area contributed by atoms with E-state index in [1.165, 1.54) is 6.08 Å². The number of imide groups is 2. The minimum Gasteiger partial charge on any atom is -0.488 e. The first-order valence-corrected chi connectivity index (χ1v) is 12.0. The molecule has 0 bridgehead atoms. The van der Waals surface area contributed by atoms with E-state index in [9.17, 15) is 14.4 Å². The molecule has 4 rings (SSSR count). The van der Waals surface area contributed by atoms with E-state index in [0.717, 1.165) is 14.9 Å². The van der Waals surface area contributed by atoms with E-state index in [1.54, 1.807) is 43.3 Å². The Labute approximate surface area is 217 Å². The summed E-state index contributed by atoms with van der Waals surface area (Å²) in [5.41, 5.74) is 2.28. The van der Waals surface area contributed by atoms with Crippen LogP contribution in [-0.4, -0.2) is 17.8 Å². The number of carbonyl (C=O) groups is 3. The standard InChI is InChI=1S/C25H17Br2ClN2O4/c1-14-20(28)3-2-4-21(14)30-24(32)18(23(31)29-25(30)33)11-16-7-10-22(19(27)12-16)34-13-15-5-8-17(26)9-6-15/h2-12H,13H2,1H3,(H,29,31,33)/b18-11+. The molecule has 3 aromatic rings. The second kappa shape index (κ2) is 10.1. The van der Waals surface area contributed by atoms with Gasteiger partial charge in [0.25, 0.3) is 11.8 Å². The zero-order chi connectivity index (χ0) is 24.4. The van der Waals surface area contributed by atoms with Crippen molar-refractivity contribution in [2.24, 2.45) is 0 Å². The fourth-order valence-electron chi connectivity index (χ4n) is 3.35. The number of nitrogens with one attached hydrogen (secondary N) is 1. The highest BCUT2D eigenvalue weighted by Crippen LogP contribution is 2.31. The number of ether oxygens (including phenoxy) is 1. The van der Waals surface area contributed by atoms with Crippen LogP contribution in [0.25, 0.3) is 6.08 Å². The van der Waals surface area contributed by atoms with E-state index in [-0.39, 0.29) is 5.57 Å². The molecule has 1 saturated heterocycles. The second-order valence-electron chi connectivity index (χ2n) is 7.45. The van der Waals surface area contributed by atoms with Crippen molar-refractivity contribution in [2.75, 3.05) is 4.90 Å². The van der Waals surface area contributed by atoms with Gasteiger partial charge in [-0.1, -0.05) is 51.8 Å². The lowest BCUT2D eigenvalue weighted by Crippen LogP contribution is -2.54. The fourth-order valence-corrected chi connectivity index (χ4v) is 4.29. The van der Waals surface area contributed by atoms with Gasteiger partial charge in [-0.3, -0.25) is 14.9 Å². The van der Waals surface area contributed by atoms with Gasteiger partial charge in [0.05, 0.1) is 10.2 Å². The van der Waals surface area contributed by atoms with Crippen LogP contribution in [0.5, 0.6) is 5.75 Å². The van der Waals surface area contributed by atoms with E-state index in [0.29, 0.717) is 38.7 Å². The Kier molecular flexibility index (Phi) is 7.21. The lowest BCUT2D eigenvalue weighted by Gasteiger charge is -2.27. The molecule has 0 spiro atoms. The van der Waals surface area contributed by atoms with Gasteiger partial charge in [-0.15, -0.1) is 0 Å². The Morgan fingerprint density at radius 1 is 1.03 bits per heavy atom. The normalized spacial score (nSPS) is 15.0. The van der Waals surface area contributed by atoms with E-state index in [1.807, 2.05) is 24.3 Å². The van der Waals surface area contributed by atoms with Crippen molar-refractivity contribution >= 4 is 73.1 Å². The molecule has 34 heavy (non-hydrogen) atoms. The molecule has 0 radical (unpaired) electrons. The zero-order valence-corrected chi connectivity index (χ0v) is 21.7. The molecule has 1 heterocycles. The van der Waals surface area contributed by atoms with Gasteiger partial charge >= 0.3 is 6.03 Å². The molecule has 0 atom stereocenters. The van der Waals surface area contributed by atoms with E-state index < -0.39 is 17.8 Å². The smallest absolute Gasteiger partial charge is 0.335 e. The monoisotopic (exact) mass is 602 g/mol. The maximum atomic E-state index is 13.1. The molecule has 1 aliphatic rings. The summed E-state index contributed by atoms with van der Waals surface area (Å²) in [7, 11) is 0. The number of amides is 4. The number of rotatable bonds is 5. The van der Waals surface area contributed by atoms with Crippen LogP contribution < -0.4 is 15.0 Å². The average molecular weight is 605 g/mol. The third-order valence-corrected chi connectivity index (χ3v) is 6.71. The van der Waals surface area contributed by atoms with Gasteiger partial charge in [-0.25, -0.2) is 9.69 Å². The number of urea groups is 1. The van der Waals surface area contributed by atoms with Crippen molar-refractivity contribution in [3.8, 4) is 5.75 Å². The molecule has 0 unspecified atom stereocenters. The van der Waals surface area contributed by atoms with Gasteiger partial charge < -0.3 is 4.74 Å². The predicted molar refractivity (Wildman–Crippen MR) is 138 cm³/mol. The van der Waals surface area contributed by atoms with E-state index >= 15 is 0 Å². The molecule has 1 N–H and O–H groups in total. The van der Waals surface area contributed by atoms with E-state index in [4.69, 9.17) is 16.3 Å². The summed E-state index contributed by atoms with van der Waals surface area (Å²) < 4.78 is 7.51. The van der Waals surface area contributed by atoms with Crippen LogP contribution in [0.3, 0.4) is 0 Å². The molecule has 0 saturated carbocycles. The van der Waals surface area contributed by atoms with Gasteiger partial charge in [0.1, 0.15) is 17.9 Å². The van der Waals surface area contributed by atoms with Crippen molar-refractivity contribution in [2.45, 2.75) is 13.5 Å².